The number of hydrogen-bond acceptors (Lipinski definition) is 4. The van der Waals surface area contributed by atoms with E-state index in [4.69, 9.17) is 4.74 Å². The Balaban J connectivity index is 1.43. The topological polar surface area (TPSA) is 75.9 Å². The van der Waals surface area contributed by atoms with E-state index in [0.29, 0.717) is 13.1 Å². The van der Waals surface area contributed by atoms with Gasteiger partial charge >= 0.3 is 6.09 Å². The fourth-order valence-corrected chi connectivity index (χ4v) is 4.62. The van der Waals surface area contributed by atoms with Crippen molar-refractivity contribution in [2.75, 3.05) is 13.1 Å². The molecule has 1 aliphatic carbocycles. The van der Waals surface area contributed by atoms with E-state index in [2.05, 4.69) is 23.3 Å². The fourth-order valence-electron chi connectivity index (χ4n) is 4.62. The molecule has 1 N–H and O–H groups in total. The summed E-state index contributed by atoms with van der Waals surface area (Å²) < 4.78 is 7.53. The largest absolute Gasteiger partial charge is 0.444 e. The zero-order valence-corrected chi connectivity index (χ0v) is 18.8. The molecule has 0 aromatic carbocycles. The molecule has 2 aliphatic rings. The highest BCUT2D eigenvalue weighted by atomic mass is 16.6. The zero-order valence-electron chi connectivity index (χ0n) is 18.8. The molecule has 7 nitrogen and oxygen atoms in total. The second-order valence-electron chi connectivity index (χ2n) is 10.4. The molecule has 1 spiro atoms. The van der Waals surface area contributed by atoms with E-state index in [1.54, 1.807) is 4.90 Å². The van der Waals surface area contributed by atoms with E-state index < -0.39 is 11.1 Å². The summed E-state index contributed by atoms with van der Waals surface area (Å²) in [5.41, 5.74) is 0.962. The quantitative estimate of drug-likeness (QED) is 0.835. The summed E-state index contributed by atoms with van der Waals surface area (Å²) in [5, 5.41) is 3.21. The van der Waals surface area contributed by atoms with E-state index in [1.165, 1.54) is 0 Å². The molecule has 3 heterocycles. The van der Waals surface area contributed by atoms with Gasteiger partial charge < -0.3 is 19.4 Å². The highest BCUT2D eigenvalue weighted by Gasteiger charge is 2.62. The molecule has 0 radical (unpaired) electrons. The highest BCUT2D eigenvalue weighted by molar-refractivity contribution is 5.84. The number of aryl methyl sites for hydroxylation is 1. The van der Waals surface area contributed by atoms with Gasteiger partial charge in [0.1, 0.15) is 11.4 Å². The van der Waals surface area contributed by atoms with Crippen LogP contribution in [0.25, 0.3) is 5.52 Å². The SMILES string of the molecule is Cc1cccn2c(C(C)(C)NC(=O)C3CC34CCN(C(=O)OC(C)(C)C)C4)ncc12. The van der Waals surface area contributed by atoms with Gasteiger partial charge in [0, 0.05) is 30.6 Å². The molecule has 2 aromatic rings. The van der Waals surface area contributed by atoms with Crippen molar-refractivity contribution in [2.45, 2.75) is 65.5 Å². The van der Waals surface area contributed by atoms with E-state index in [9.17, 15) is 9.59 Å². The van der Waals surface area contributed by atoms with Crippen molar-refractivity contribution >= 4 is 17.5 Å². The Morgan fingerprint density at radius 3 is 2.70 bits per heavy atom. The maximum atomic E-state index is 13.1. The van der Waals surface area contributed by atoms with Crippen molar-refractivity contribution in [1.29, 1.82) is 0 Å². The number of rotatable bonds is 3. The number of fused-ring (bicyclic) bond motifs is 1. The molecule has 1 saturated carbocycles. The Bertz CT molecular complexity index is 1000. The number of hydrogen-bond donors (Lipinski definition) is 1. The van der Waals surface area contributed by atoms with Gasteiger partial charge in [0.15, 0.2) is 0 Å². The number of nitrogens with zero attached hydrogens (tertiary/aromatic N) is 3. The van der Waals surface area contributed by atoms with E-state index in [-0.39, 0.29) is 23.3 Å². The Hall–Kier alpha value is -2.57. The van der Waals surface area contributed by atoms with Crippen molar-refractivity contribution < 1.29 is 14.3 Å². The number of likely N-dealkylation sites (tertiary alicyclic amines) is 1. The Morgan fingerprint density at radius 1 is 1.27 bits per heavy atom. The third-order valence-corrected chi connectivity index (χ3v) is 6.32. The zero-order chi connectivity index (χ0) is 21.9. The lowest BCUT2D eigenvalue weighted by atomic mass is 10.00. The molecule has 4 rings (SSSR count). The minimum Gasteiger partial charge on any atom is -0.444 e. The molecule has 0 bridgehead atoms. The van der Waals surface area contributed by atoms with E-state index >= 15 is 0 Å². The molecule has 2 atom stereocenters. The lowest BCUT2D eigenvalue weighted by molar-refractivity contribution is -0.124. The summed E-state index contributed by atoms with van der Waals surface area (Å²) >= 11 is 0. The second-order valence-corrected chi connectivity index (χ2v) is 10.4. The molecule has 7 heteroatoms. The van der Waals surface area contributed by atoms with Crippen molar-refractivity contribution in [1.82, 2.24) is 19.6 Å². The normalized spacial score (nSPS) is 23.8. The first-order valence-electron chi connectivity index (χ1n) is 10.7. The van der Waals surface area contributed by atoms with Crippen LogP contribution in [0.3, 0.4) is 0 Å². The average molecular weight is 413 g/mol. The fraction of sp³-hybridized carbons (Fsp3) is 0.609. The standard InChI is InChI=1S/C23H32N4O3/c1-15-8-7-10-27-17(15)13-24-19(27)22(5,6)25-18(28)16-12-23(16)9-11-26(14-23)20(29)30-21(2,3)4/h7-8,10,13,16H,9,11-12,14H2,1-6H3,(H,25,28). The Morgan fingerprint density at radius 2 is 2.00 bits per heavy atom. The van der Waals surface area contributed by atoms with Crippen LogP contribution in [-0.4, -0.2) is 45.0 Å². The predicted octanol–water partition coefficient (Wildman–Crippen LogP) is 3.64. The number of nitrogens with one attached hydrogen (secondary N) is 1. The lowest BCUT2D eigenvalue weighted by Crippen LogP contribution is -2.44. The molecule has 2 aromatic heterocycles. The maximum absolute atomic E-state index is 13.1. The summed E-state index contributed by atoms with van der Waals surface area (Å²) in [6.07, 6.45) is 5.20. The highest BCUT2D eigenvalue weighted by Crippen LogP contribution is 2.58. The molecular formula is C23H32N4O3. The van der Waals surface area contributed by atoms with Crippen LogP contribution in [0.4, 0.5) is 4.79 Å². The van der Waals surface area contributed by atoms with Crippen molar-refractivity contribution in [3.8, 4) is 0 Å². The number of ether oxygens (including phenoxy) is 1. The van der Waals surface area contributed by atoms with Crippen LogP contribution in [0, 0.1) is 18.3 Å². The van der Waals surface area contributed by atoms with Gasteiger partial charge in [-0.1, -0.05) is 6.07 Å². The summed E-state index contributed by atoms with van der Waals surface area (Å²) in [6.45, 7) is 12.9. The number of carbonyl (C=O) groups excluding carboxylic acids is 2. The van der Waals surface area contributed by atoms with Crippen LogP contribution in [0.1, 0.15) is 58.8 Å². The number of imidazole rings is 1. The number of aromatic nitrogens is 2. The van der Waals surface area contributed by atoms with Gasteiger partial charge in [0.05, 0.1) is 17.3 Å². The monoisotopic (exact) mass is 412 g/mol. The molecule has 2 unspecified atom stereocenters. The van der Waals surface area contributed by atoms with Gasteiger partial charge in [0.2, 0.25) is 5.91 Å². The Labute approximate surface area is 177 Å². The van der Waals surface area contributed by atoms with Gasteiger partial charge in [0.25, 0.3) is 0 Å². The number of carbonyl (C=O) groups is 2. The van der Waals surface area contributed by atoms with Gasteiger partial charge in [-0.2, -0.15) is 0 Å². The van der Waals surface area contributed by atoms with Crippen LogP contribution in [-0.2, 0) is 15.1 Å². The van der Waals surface area contributed by atoms with Crippen molar-refractivity contribution in [2.24, 2.45) is 11.3 Å². The summed E-state index contributed by atoms with van der Waals surface area (Å²) in [5.74, 6) is 0.777. The smallest absolute Gasteiger partial charge is 0.410 e. The summed E-state index contributed by atoms with van der Waals surface area (Å²) in [4.78, 5) is 31.8. The van der Waals surface area contributed by atoms with Crippen LogP contribution >= 0.6 is 0 Å². The van der Waals surface area contributed by atoms with E-state index in [1.807, 2.05) is 57.5 Å². The molecule has 2 fully saturated rings. The molecule has 2 amide bonds. The molecule has 1 saturated heterocycles. The van der Waals surface area contributed by atoms with Crippen molar-refractivity contribution in [3.63, 3.8) is 0 Å². The third-order valence-electron chi connectivity index (χ3n) is 6.32. The van der Waals surface area contributed by atoms with Gasteiger partial charge in [-0.3, -0.25) is 4.79 Å². The number of pyridine rings is 1. The van der Waals surface area contributed by atoms with E-state index in [0.717, 1.165) is 29.7 Å². The lowest BCUT2D eigenvalue weighted by Gasteiger charge is -2.26. The minimum absolute atomic E-state index is 0.0374. The first-order chi connectivity index (χ1) is 13.9. The minimum atomic E-state index is -0.607. The first kappa shape index (κ1) is 20.7. The summed E-state index contributed by atoms with van der Waals surface area (Å²) in [7, 11) is 0. The summed E-state index contributed by atoms with van der Waals surface area (Å²) in [6, 6.07) is 4.04. The van der Waals surface area contributed by atoms with Crippen LogP contribution in [0.2, 0.25) is 0 Å². The second kappa shape index (κ2) is 6.72. The first-order valence-corrected chi connectivity index (χ1v) is 10.7. The molecule has 162 valence electrons. The van der Waals surface area contributed by atoms with Crippen LogP contribution in [0.15, 0.2) is 24.5 Å². The van der Waals surface area contributed by atoms with Gasteiger partial charge in [-0.25, -0.2) is 9.78 Å². The van der Waals surface area contributed by atoms with Crippen LogP contribution in [0.5, 0.6) is 0 Å². The number of amides is 2. The molecular weight excluding hydrogens is 380 g/mol. The van der Waals surface area contributed by atoms with Crippen LogP contribution < -0.4 is 5.32 Å². The molecule has 1 aliphatic heterocycles. The maximum Gasteiger partial charge on any atom is 0.410 e. The van der Waals surface area contributed by atoms with Gasteiger partial charge in [-0.15, -0.1) is 0 Å². The van der Waals surface area contributed by atoms with Gasteiger partial charge in [-0.05, 0) is 66.0 Å². The average Bonchev–Trinajstić information content (AvgIpc) is 2.96. The molecule has 30 heavy (non-hydrogen) atoms. The predicted molar refractivity (Wildman–Crippen MR) is 114 cm³/mol. The Kier molecular flexibility index (Phi) is 4.64. The van der Waals surface area contributed by atoms with Crippen molar-refractivity contribution in [3.05, 3.63) is 35.9 Å². The third kappa shape index (κ3) is 3.66.